The molecule has 0 unspecified atom stereocenters. The van der Waals surface area contributed by atoms with Crippen LogP contribution in [0.2, 0.25) is 0 Å². The molecule has 0 amide bonds. The van der Waals surface area contributed by atoms with E-state index in [1.165, 1.54) is 12.2 Å². The van der Waals surface area contributed by atoms with Gasteiger partial charge in [-0.25, -0.2) is 9.59 Å². The smallest absolute Gasteiger partial charge is 0.334 e. The summed E-state index contributed by atoms with van der Waals surface area (Å²) < 4.78 is 10.9. The zero-order valence-corrected chi connectivity index (χ0v) is 15.4. The highest BCUT2D eigenvalue weighted by atomic mass is 16.6. The summed E-state index contributed by atoms with van der Waals surface area (Å²) in [5.74, 6) is -2.15. The maximum Gasteiger partial charge on any atom is 0.334 e. The van der Waals surface area contributed by atoms with Crippen molar-refractivity contribution in [2.24, 2.45) is 5.92 Å². The van der Waals surface area contributed by atoms with E-state index in [-0.39, 0.29) is 17.8 Å². The van der Waals surface area contributed by atoms with Crippen LogP contribution in [-0.2, 0) is 23.9 Å². The molecule has 0 aromatic rings. The van der Waals surface area contributed by atoms with Gasteiger partial charge in [0.05, 0.1) is 5.92 Å². The van der Waals surface area contributed by atoms with Crippen LogP contribution in [0.5, 0.6) is 0 Å². The number of rotatable bonds is 2. The summed E-state index contributed by atoms with van der Waals surface area (Å²) in [5, 5.41) is 10.6. The molecule has 6 heteroatoms. The van der Waals surface area contributed by atoms with E-state index in [4.69, 9.17) is 9.47 Å². The predicted molar refractivity (Wildman–Crippen MR) is 95.0 cm³/mol. The van der Waals surface area contributed by atoms with Gasteiger partial charge in [0.15, 0.2) is 5.78 Å². The van der Waals surface area contributed by atoms with Crippen LogP contribution in [0, 0.1) is 5.92 Å². The Balaban J connectivity index is 2.49. The molecule has 0 aromatic carbocycles. The topological polar surface area (TPSA) is 89.9 Å². The maximum absolute atomic E-state index is 12.3. The average Bonchev–Trinajstić information content (AvgIpc) is 2.86. The summed E-state index contributed by atoms with van der Waals surface area (Å²) in [4.78, 5) is 36.4. The Morgan fingerprint density at radius 3 is 2.62 bits per heavy atom. The second-order valence-electron chi connectivity index (χ2n) is 6.77. The van der Waals surface area contributed by atoms with Crippen molar-refractivity contribution < 1.29 is 29.0 Å². The van der Waals surface area contributed by atoms with Crippen molar-refractivity contribution >= 4 is 17.7 Å². The average molecular weight is 360 g/mol. The van der Waals surface area contributed by atoms with Crippen molar-refractivity contribution in [2.45, 2.75) is 52.4 Å². The highest BCUT2D eigenvalue weighted by Crippen LogP contribution is 2.37. The SMILES string of the molecule is C=C1C(=O)O[C@H]2[C@H]1[C@@H](OC(=O)/C(C)=C\C)C/C(C)=C/C(=O)/C=C(/C)[C@H]2O. The number of carbonyl (C=O) groups is 3. The fourth-order valence-corrected chi connectivity index (χ4v) is 3.12. The summed E-state index contributed by atoms with van der Waals surface area (Å²) in [6.07, 6.45) is 1.66. The molecular formula is C20H24O6. The van der Waals surface area contributed by atoms with E-state index in [1.54, 1.807) is 33.8 Å². The number of carbonyl (C=O) groups excluding carboxylic acids is 3. The summed E-state index contributed by atoms with van der Waals surface area (Å²) in [6.45, 7) is 10.4. The van der Waals surface area contributed by atoms with E-state index in [2.05, 4.69) is 6.58 Å². The van der Waals surface area contributed by atoms with Crippen LogP contribution in [0.25, 0.3) is 0 Å². The first-order valence-electron chi connectivity index (χ1n) is 8.46. The zero-order chi connectivity index (χ0) is 19.6. The fraction of sp³-hybridized carbons (Fsp3) is 0.450. The van der Waals surface area contributed by atoms with Crippen molar-refractivity contribution in [3.8, 4) is 0 Å². The van der Waals surface area contributed by atoms with Crippen LogP contribution in [0.15, 0.2) is 47.1 Å². The molecule has 6 nitrogen and oxygen atoms in total. The Labute approximate surface area is 152 Å². The van der Waals surface area contributed by atoms with Gasteiger partial charge in [-0.2, -0.15) is 0 Å². The standard InChI is InChI=1S/C20H24O6/c1-6-11(3)19(23)25-15-8-10(2)7-14(21)9-12(4)17(22)18-16(15)13(5)20(24)26-18/h6-7,9,15-18,22H,5,8H2,1-4H3/b10-7+,11-6-,12-9-/t15-,16+,17+,18-/m0/s1. The third-order valence-corrected chi connectivity index (χ3v) is 4.74. The van der Waals surface area contributed by atoms with Crippen LogP contribution < -0.4 is 0 Å². The van der Waals surface area contributed by atoms with E-state index < -0.39 is 36.2 Å². The lowest BCUT2D eigenvalue weighted by atomic mass is 9.83. The third-order valence-electron chi connectivity index (χ3n) is 4.74. The molecule has 0 saturated carbocycles. The number of allylic oxidation sites excluding steroid dienone is 3. The molecule has 0 radical (unpaired) electrons. The third kappa shape index (κ3) is 4.02. The number of esters is 2. The predicted octanol–water partition coefficient (Wildman–Crippen LogP) is 2.19. The van der Waals surface area contributed by atoms with Gasteiger partial charge in [0, 0.05) is 17.6 Å². The largest absolute Gasteiger partial charge is 0.458 e. The number of ketones is 1. The first kappa shape index (κ1) is 19.8. The highest BCUT2D eigenvalue weighted by molar-refractivity contribution is 6.00. The van der Waals surface area contributed by atoms with Crippen molar-refractivity contribution in [1.82, 2.24) is 0 Å². The summed E-state index contributed by atoms with van der Waals surface area (Å²) in [6, 6.07) is 0. The molecule has 2 rings (SSSR count). The molecule has 0 spiro atoms. The second kappa shape index (κ2) is 7.83. The first-order chi connectivity index (χ1) is 12.1. The van der Waals surface area contributed by atoms with Crippen molar-refractivity contribution in [2.75, 3.05) is 0 Å². The molecule has 1 saturated heterocycles. The highest BCUT2D eigenvalue weighted by Gasteiger charge is 2.48. The minimum absolute atomic E-state index is 0.150. The van der Waals surface area contributed by atoms with Gasteiger partial charge in [0.2, 0.25) is 0 Å². The molecule has 1 aliphatic carbocycles. The first-order valence-corrected chi connectivity index (χ1v) is 8.46. The van der Waals surface area contributed by atoms with Crippen LogP contribution in [0.4, 0.5) is 0 Å². The Hall–Kier alpha value is -2.47. The Morgan fingerprint density at radius 2 is 2.00 bits per heavy atom. The van der Waals surface area contributed by atoms with Crippen molar-refractivity contribution in [3.63, 3.8) is 0 Å². The van der Waals surface area contributed by atoms with E-state index >= 15 is 0 Å². The number of hydrogen-bond donors (Lipinski definition) is 1. The van der Waals surface area contributed by atoms with Crippen LogP contribution in [0.3, 0.4) is 0 Å². The molecule has 1 N–H and O–H groups in total. The van der Waals surface area contributed by atoms with E-state index in [0.717, 1.165) is 0 Å². The van der Waals surface area contributed by atoms with Gasteiger partial charge in [0.25, 0.3) is 0 Å². The molecule has 1 heterocycles. The van der Waals surface area contributed by atoms with Gasteiger partial charge in [-0.15, -0.1) is 0 Å². The van der Waals surface area contributed by atoms with Crippen molar-refractivity contribution in [3.05, 3.63) is 47.1 Å². The zero-order valence-electron chi connectivity index (χ0n) is 15.4. The number of aliphatic hydroxyl groups excluding tert-OH is 1. The minimum atomic E-state index is -1.19. The van der Waals surface area contributed by atoms with E-state index in [9.17, 15) is 19.5 Å². The van der Waals surface area contributed by atoms with Gasteiger partial charge in [-0.3, -0.25) is 4.79 Å². The molecule has 140 valence electrons. The lowest BCUT2D eigenvalue weighted by Crippen LogP contribution is -2.41. The Bertz CT molecular complexity index is 739. The summed E-state index contributed by atoms with van der Waals surface area (Å²) >= 11 is 0. The normalized spacial score (nSPS) is 34.2. The molecule has 0 aromatic heterocycles. The van der Waals surface area contributed by atoms with Crippen LogP contribution in [0.1, 0.15) is 34.1 Å². The molecule has 1 fully saturated rings. The maximum atomic E-state index is 12.3. The number of aliphatic hydroxyl groups is 1. The number of ether oxygens (including phenoxy) is 2. The minimum Gasteiger partial charge on any atom is -0.458 e. The lowest BCUT2D eigenvalue weighted by molar-refractivity contribution is -0.150. The van der Waals surface area contributed by atoms with Gasteiger partial charge in [-0.05, 0) is 45.4 Å². The Morgan fingerprint density at radius 1 is 1.35 bits per heavy atom. The van der Waals surface area contributed by atoms with Crippen LogP contribution in [-0.4, -0.2) is 41.1 Å². The van der Waals surface area contributed by atoms with Gasteiger partial charge >= 0.3 is 11.9 Å². The lowest BCUT2D eigenvalue weighted by Gasteiger charge is -2.30. The number of fused-ring (bicyclic) bond motifs is 1. The van der Waals surface area contributed by atoms with E-state index in [1.807, 2.05) is 0 Å². The molecule has 0 bridgehead atoms. The molecule has 26 heavy (non-hydrogen) atoms. The summed E-state index contributed by atoms with van der Waals surface area (Å²) in [7, 11) is 0. The second-order valence-corrected chi connectivity index (χ2v) is 6.77. The molecule has 1 aliphatic heterocycles. The fourth-order valence-electron chi connectivity index (χ4n) is 3.12. The monoisotopic (exact) mass is 360 g/mol. The summed E-state index contributed by atoms with van der Waals surface area (Å²) in [5.41, 5.74) is 1.63. The van der Waals surface area contributed by atoms with Gasteiger partial charge in [-0.1, -0.05) is 18.2 Å². The Kier molecular flexibility index (Phi) is 5.97. The molecule has 2 aliphatic rings. The van der Waals surface area contributed by atoms with Gasteiger partial charge < -0.3 is 14.6 Å². The number of hydrogen-bond acceptors (Lipinski definition) is 6. The molecule has 4 atom stereocenters. The molecular weight excluding hydrogens is 336 g/mol. The van der Waals surface area contributed by atoms with Crippen molar-refractivity contribution in [1.29, 1.82) is 0 Å². The van der Waals surface area contributed by atoms with Gasteiger partial charge in [0.1, 0.15) is 18.3 Å². The van der Waals surface area contributed by atoms with E-state index in [0.29, 0.717) is 16.7 Å². The van der Waals surface area contributed by atoms with Crippen LogP contribution >= 0.6 is 0 Å². The quantitative estimate of drug-likeness (QED) is 0.600.